The molecular weight excluding hydrogens is 649 g/mol. The number of alkyl halides is 1. The molecule has 14 heteroatoms. The van der Waals surface area contributed by atoms with Gasteiger partial charge in [-0.15, -0.1) is 0 Å². The number of hydrogen-bond donors (Lipinski definition) is 0. The number of anilines is 1. The van der Waals surface area contributed by atoms with Crippen molar-refractivity contribution in [1.82, 2.24) is 14.9 Å². The van der Waals surface area contributed by atoms with Crippen LogP contribution in [0.15, 0.2) is 53.4 Å². The summed E-state index contributed by atoms with van der Waals surface area (Å²) in [5.41, 5.74) is 1.58. The van der Waals surface area contributed by atoms with Gasteiger partial charge in [0, 0.05) is 43.6 Å². The van der Waals surface area contributed by atoms with Gasteiger partial charge in [-0.05, 0) is 62.4 Å². The van der Waals surface area contributed by atoms with Crippen LogP contribution in [-0.2, 0) is 27.8 Å². The number of fused-ring (bicyclic) bond motifs is 3. The van der Waals surface area contributed by atoms with Gasteiger partial charge in [0.05, 0.1) is 23.5 Å². The first kappa shape index (κ1) is 32.4. The largest absolute Gasteiger partial charge is 0.467 e. The van der Waals surface area contributed by atoms with Crippen molar-refractivity contribution in [3.05, 3.63) is 77.0 Å². The normalized spacial score (nSPS) is 20.9. The summed E-state index contributed by atoms with van der Waals surface area (Å²) in [5, 5.41) is 0.487. The molecule has 0 amide bonds. The minimum Gasteiger partial charge on any atom is -0.467 e. The second-order valence-corrected chi connectivity index (χ2v) is 14.1. The van der Waals surface area contributed by atoms with Crippen molar-refractivity contribution in [2.45, 2.75) is 55.8 Å². The van der Waals surface area contributed by atoms with E-state index >= 15 is 4.39 Å². The Hall–Kier alpha value is -4.14. The maximum Gasteiger partial charge on any atom is 0.340 e. The van der Waals surface area contributed by atoms with Gasteiger partial charge in [-0.3, -0.25) is 4.90 Å². The van der Waals surface area contributed by atoms with E-state index in [4.69, 9.17) is 18.4 Å². The fourth-order valence-corrected chi connectivity index (χ4v) is 7.94. The third-order valence-electron chi connectivity index (χ3n) is 9.38. The Morgan fingerprint density at radius 3 is 2.65 bits per heavy atom. The van der Waals surface area contributed by atoms with Gasteiger partial charge in [0.2, 0.25) is 5.88 Å². The van der Waals surface area contributed by atoms with Crippen LogP contribution in [0.25, 0.3) is 10.8 Å². The van der Waals surface area contributed by atoms with E-state index in [9.17, 15) is 17.2 Å². The Morgan fingerprint density at radius 1 is 1.04 bits per heavy atom. The average Bonchev–Trinajstić information content (AvgIpc) is 3.59. The summed E-state index contributed by atoms with van der Waals surface area (Å²) < 4.78 is 93.6. The van der Waals surface area contributed by atoms with Gasteiger partial charge in [0.25, 0.3) is 0 Å². The average molecular weight is 685 g/mol. The monoisotopic (exact) mass is 684 g/mol. The maximum atomic E-state index is 15.3. The molecule has 2 fully saturated rings. The first-order valence-electron chi connectivity index (χ1n) is 15.8. The van der Waals surface area contributed by atoms with Crippen LogP contribution in [0.5, 0.6) is 17.6 Å². The summed E-state index contributed by atoms with van der Waals surface area (Å²) in [4.78, 5) is 12.9. The predicted octanol–water partition coefficient (Wildman–Crippen LogP) is 5.48. The number of methoxy groups -OCH3 is 1. The molecule has 0 aliphatic carbocycles. The minimum atomic E-state index is -4.29. The Kier molecular flexibility index (Phi) is 8.58. The molecule has 0 bridgehead atoms. The summed E-state index contributed by atoms with van der Waals surface area (Å²) in [6.45, 7) is 3.36. The van der Waals surface area contributed by atoms with Crippen molar-refractivity contribution in [1.29, 1.82) is 0 Å². The number of rotatable bonds is 10. The Bertz CT molecular complexity index is 1970. The quantitative estimate of drug-likeness (QED) is 0.158. The Labute approximate surface area is 276 Å². The molecule has 3 aromatic carbocycles. The van der Waals surface area contributed by atoms with Gasteiger partial charge in [0.15, 0.2) is 18.4 Å². The molecule has 10 nitrogen and oxygen atoms in total. The van der Waals surface area contributed by atoms with Crippen LogP contribution in [0.3, 0.4) is 0 Å². The van der Waals surface area contributed by atoms with Crippen LogP contribution in [0, 0.1) is 18.6 Å². The van der Waals surface area contributed by atoms with Crippen molar-refractivity contribution < 1.29 is 40.0 Å². The number of halogens is 3. The molecular formula is C34H35F3N4O6S. The highest BCUT2D eigenvalue weighted by atomic mass is 32.2. The summed E-state index contributed by atoms with van der Waals surface area (Å²) in [5.74, 6) is -1.79. The van der Waals surface area contributed by atoms with Crippen molar-refractivity contribution in [3.8, 4) is 17.6 Å². The molecule has 0 spiro atoms. The molecule has 3 aliphatic rings. The first-order valence-corrected chi connectivity index (χ1v) is 17.2. The number of aryl methyl sites for hydroxylation is 1. The summed E-state index contributed by atoms with van der Waals surface area (Å²) in [6.07, 6.45) is 1.25. The maximum absolute atomic E-state index is 15.3. The minimum absolute atomic E-state index is 0.0439. The summed E-state index contributed by atoms with van der Waals surface area (Å²) >= 11 is 0. The van der Waals surface area contributed by atoms with Gasteiger partial charge in [-0.2, -0.15) is 18.4 Å². The van der Waals surface area contributed by atoms with Crippen LogP contribution < -0.4 is 18.6 Å². The molecule has 3 aliphatic heterocycles. The summed E-state index contributed by atoms with van der Waals surface area (Å²) in [6, 6.07) is 11.9. The highest BCUT2D eigenvalue weighted by Crippen LogP contribution is 2.41. The van der Waals surface area contributed by atoms with Crippen LogP contribution in [0.2, 0.25) is 0 Å². The van der Waals surface area contributed by atoms with Crippen LogP contribution >= 0.6 is 0 Å². The molecule has 0 unspecified atom stereocenters. The van der Waals surface area contributed by atoms with Crippen molar-refractivity contribution in [2.24, 2.45) is 0 Å². The fraction of sp³-hybridized carbons (Fsp3) is 0.412. The van der Waals surface area contributed by atoms with E-state index in [0.717, 1.165) is 31.0 Å². The Balaban J connectivity index is 1.27. The third kappa shape index (κ3) is 6.12. The van der Waals surface area contributed by atoms with Crippen LogP contribution in [-0.4, -0.2) is 75.1 Å². The molecule has 2 saturated heterocycles. The van der Waals surface area contributed by atoms with Crippen LogP contribution in [0.4, 0.5) is 18.9 Å². The van der Waals surface area contributed by atoms with Gasteiger partial charge in [-0.25, -0.2) is 13.2 Å². The predicted molar refractivity (Wildman–Crippen MR) is 171 cm³/mol. The van der Waals surface area contributed by atoms with Crippen molar-refractivity contribution >= 4 is 26.6 Å². The van der Waals surface area contributed by atoms with E-state index in [1.54, 1.807) is 24.3 Å². The number of ether oxygens (including phenoxy) is 3. The molecule has 0 radical (unpaired) electrons. The lowest BCUT2D eigenvalue weighted by Gasteiger charge is -2.33. The second-order valence-electron chi connectivity index (χ2n) is 12.6. The number of hydrogen-bond acceptors (Lipinski definition) is 10. The lowest BCUT2D eigenvalue weighted by atomic mass is 9.95. The molecule has 4 aromatic rings. The zero-order valence-electron chi connectivity index (χ0n) is 26.5. The summed E-state index contributed by atoms with van der Waals surface area (Å²) in [7, 11) is -2.81. The van der Waals surface area contributed by atoms with Crippen molar-refractivity contribution in [3.63, 3.8) is 0 Å². The smallest absolute Gasteiger partial charge is 0.340 e. The van der Waals surface area contributed by atoms with E-state index in [2.05, 4.69) is 14.9 Å². The molecule has 4 heterocycles. The molecule has 1 aromatic heterocycles. The highest BCUT2D eigenvalue weighted by molar-refractivity contribution is 7.87. The molecule has 0 N–H and O–H groups in total. The second kappa shape index (κ2) is 12.7. The lowest BCUT2D eigenvalue weighted by Crippen LogP contribution is -2.43. The topological polar surface area (TPSA) is 103 Å². The van der Waals surface area contributed by atoms with Gasteiger partial charge < -0.3 is 23.3 Å². The molecule has 0 saturated carbocycles. The van der Waals surface area contributed by atoms with E-state index in [1.165, 1.54) is 25.3 Å². The van der Waals surface area contributed by atoms with Gasteiger partial charge in [-0.1, -0.05) is 23.8 Å². The van der Waals surface area contributed by atoms with E-state index in [0.29, 0.717) is 41.0 Å². The molecule has 2 atom stereocenters. The zero-order chi connectivity index (χ0) is 33.6. The van der Waals surface area contributed by atoms with E-state index in [-0.39, 0.29) is 55.1 Å². The zero-order valence-corrected chi connectivity index (χ0v) is 27.4. The molecule has 7 rings (SSSR count). The van der Waals surface area contributed by atoms with Crippen molar-refractivity contribution in [2.75, 3.05) is 45.0 Å². The molecule has 48 heavy (non-hydrogen) atoms. The fourth-order valence-electron chi connectivity index (χ4n) is 7.03. The standard InChI is InChI=1S/C34H35F3N4O6S/c1-21-4-7-25(8-5-21)48(42,43)47-32-26-10-13-40(29-15-24(46-20-44-2)14-22-6-9-27(36)31(37)30(22)29)18-28(26)38-33(39-32)45-19-34-11-3-12-41(34)17-23(35)16-34/h4-9,14-15,23H,3,10-13,16-20H2,1-2H3/t23-,34+/m1/s1. The first-order chi connectivity index (χ1) is 23.0. The number of benzene rings is 3. The number of aromatic nitrogens is 2. The highest BCUT2D eigenvalue weighted by Gasteiger charge is 2.49. The van der Waals surface area contributed by atoms with Crippen LogP contribution in [0.1, 0.15) is 36.1 Å². The van der Waals surface area contributed by atoms with Gasteiger partial charge in [0.1, 0.15) is 23.4 Å². The molecule has 254 valence electrons. The van der Waals surface area contributed by atoms with E-state index < -0.39 is 33.5 Å². The van der Waals surface area contributed by atoms with E-state index in [1.807, 2.05) is 11.8 Å². The van der Waals surface area contributed by atoms with Gasteiger partial charge >= 0.3 is 16.1 Å². The lowest BCUT2D eigenvalue weighted by molar-refractivity contribution is 0.0512. The number of nitrogens with zero attached hydrogens (tertiary/aromatic N) is 4. The SMILES string of the molecule is COCOc1cc(N2CCc3c(nc(OC[C@@]45CCCN4C[C@H](F)C5)nc3OS(=O)(=O)c3ccc(C)cc3)C2)c2c(F)c(F)ccc2c1. The third-order valence-corrected chi connectivity index (χ3v) is 10.6. The Morgan fingerprint density at radius 2 is 1.85 bits per heavy atom.